The fraction of sp³-hybridized carbons (Fsp3) is 0.158. The van der Waals surface area contributed by atoms with E-state index in [-0.39, 0.29) is 30.2 Å². The van der Waals surface area contributed by atoms with Crippen molar-refractivity contribution in [3.8, 4) is 11.1 Å². The number of amides is 1. The summed E-state index contributed by atoms with van der Waals surface area (Å²) >= 11 is 2.70. The van der Waals surface area contributed by atoms with Gasteiger partial charge < -0.3 is 10.1 Å². The molecule has 9 heteroatoms. The zero-order valence-corrected chi connectivity index (χ0v) is 16.5. The summed E-state index contributed by atoms with van der Waals surface area (Å²) in [4.78, 5) is 36.2. The van der Waals surface area contributed by atoms with Gasteiger partial charge in [0.1, 0.15) is 10.6 Å². The van der Waals surface area contributed by atoms with Gasteiger partial charge in [0.15, 0.2) is 0 Å². The molecule has 0 atom stereocenters. The van der Waals surface area contributed by atoms with Gasteiger partial charge in [0.2, 0.25) is 5.91 Å². The second-order valence-corrected chi connectivity index (χ2v) is 7.59. The molecule has 1 amide bonds. The predicted octanol–water partition coefficient (Wildman–Crippen LogP) is 4.74. The number of nitro groups is 1. The highest BCUT2D eigenvalue weighted by atomic mass is 32.1. The number of benzene rings is 1. The number of esters is 1. The van der Waals surface area contributed by atoms with Crippen molar-refractivity contribution in [1.29, 1.82) is 0 Å². The number of non-ortho nitro benzene ring substituents is 1. The van der Waals surface area contributed by atoms with E-state index in [1.807, 2.05) is 17.5 Å². The Labute approximate surface area is 168 Å². The van der Waals surface area contributed by atoms with Crippen LogP contribution in [-0.4, -0.2) is 23.4 Å². The number of nitro benzene ring substituents is 1. The number of carbonyl (C=O) groups excluding carboxylic acids is 2. The molecule has 28 heavy (non-hydrogen) atoms. The van der Waals surface area contributed by atoms with Crippen molar-refractivity contribution in [3.05, 3.63) is 67.7 Å². The topological polar surface area (TPSA) is 98.5 Å². The predicted molar refractivity (Wildman–Crippen MR) is 109 cm³/mol. The maximum atomic E-state index is 12.5. The lowest BCUT2D eigenvalue weighted by molar-refractivity contribution is -0.384. The van der Waals surface area contributed by atoms with E-state index in [0.717, 1.165) is 4.88 Å². The molecule has 0 fully saturated rings. The van der Waals surface area contributed by atoms with Crippen LogP contribution in [0.2, 0.25) is 0 Å². The largest absolute Gasteiger partial charge is 0.462 e. The SMILES string of the molecule is CCOC(=O)c1c(-c2ccc([N+](=O)[O-])cc2)csc1NC(=O)Cc1cccs1. The summed E-state index contributed by atoms with van der Waals surface area (Å²) in [5.41, 5.74) is 1.40. The summed E-state index contributed by atoms with van der Waals surface area (Å²) in [6.45, 7) is 1.89. The van der Waals surface area contributed by atoms with Gasteiger partial charge in [-0.05, 0) is 36.1 Å². The first kappa shape index (κ1) is 19.7. The summed E-state index contributed by atoms with van der Waals surface area (Å²) in [5.74, 6) is -0.784. The van der Waals surface area contributed by atoms with E-state index in [9.17, 15) is 19.7 Å². The molecule has 0 bridgehead atoms. The number of thiophene rings is 2. The van der Waals surface area contributed by atoms with Crippen LogP contribution in [0.1, 0.15) is 22.2 Å². The number of nitrogens with one attached hydrogen (secondary N) is 1. The number of carbonyl (C=O) groups is 2. The van der Waals surface area contributed by atoms with Crippen molar-refractivity contribution >= 4 is 45.2 Å². The second-order valence-electron chi connectivity index (χ2n) is 5.68. The average Bonchev–Trinajstić information content (AvgIpc) is 3.32. The average molecular weight is 416 g/mol. The van der Waals surface area contributed by atoms with Gasteiger partial charge in [-0.2, -0.15) is 0 Å². The molecule has 3 rings (SSSR count). The van der Waals surface area contributed by atoms with Crippen molar-refractivity contribution in [2.24, 2.45) is 0 Å². The van der Waals surface area contributed by atoms with E-state index in [4.69, 9.17) is 4.74 Å². The lowest BCUT2D eigenvalue weighted by Crippen LogP contribution is -2.16. The number of ether oxygens (including phenoxy) is 1. The highest BCUT2D eigenvalue weighted by molar-refractivity contribution is 7.15. The van der Waals surface area contributed by atoms with E-state index in [1.54, 1.807) is 24.4 Å². The Hall–Kier alpha value is -3.04. The molecule has 7 nitrogen and oxygen atoms in total. The number of hydrogen-bond donors (Lipinski definition) is 1. The Morgan fingerprint density at radius 3 is 2.54 bits per heavy atom. The van der Waals surface area contributed by atoms with Crippen molar-refractivity contribution in [3.63, 3.8) is 0 Å². The maximum absolute atomic E-state index is 12.5. The van der Waals surface area contributed by atoms with Gasteiger partial charge in [0, 0.05) is 28.0 Å². The molecule has 1 aromatic carbocycles. The smallest absolute Gasteiger partial charge is 0.341 e. The Balaban J connectivity index is 1.91. The van der Waals surface area contributed by atoms with E-state index in [2.05, 4.69) is 5.32 Å². The van der Waals surface area contributed by atoms with Crippen molar-refractivity contribution in [2.45, 2.75) is 13.3 Å². The van der Waals surface area contributed by atoms with Gasteiger partial charge in [0.05, 0.1) is 18.0 Å². The molecule has 144 valence electrons. The Morgan fingerprint density at radius 1 is 1.18 bits per heavy atom. The normalized spacial score (nSPS) is 10.5. The third-order valence-electron chi connectivity index (χ3n) is 3.83. The molecule has 2 heterocycles. The van der Waals surface area contributed by atoms with Crippen LogP contribution in [0.4, 0.5) is 10.7 Å². The fourth-order valence-corrected chi connectivity index (χ4v) is 4.25. The molecule has 0 saturated heterocycles. The number of nitrogens with zero attached hydrogens (tertiary/aromatic N) is 1. The number of hydrogen-bond acceptors (Lipinski definition) is 7. The Bertz CT molecular complexity index is 994. The van der Waals surface area contributed by atoms with Crippen LogP contribution in [0.15, 0.2) is 47.2 Å². The first-order chi connectivity index (χ1) is 13.5. The third-order valence-corrected chi connectivity index (χ3v) is 5.60. The summed E-state index contributed by atoms with van der Waals surface area (Å²) in [7, 11) is 0. The van der Waals surface area contributed by atoms with Crippen LogP contribution in [-0.2, 0) is 16.0 Å². The zero-order valence-electron chi connectivity index (χ0n) is 14.8. The Kier molecular flexibility index (Phi) is 6.17. The van der Waals surface area contributed by atoms with Gasteiger partial charge in [-0.25, -0.2) is 4.79 Å². The minimum Gasteiger partial charge on any atom is -0.462 e. The summed E-state index contributed by atoms with van der Waals surface area (Å²) in [6, 6.07) is 9.62. The minimum absolute atomic E-state index is 0.0406. The summed E-state index contributed by atoms with van der Waals surface area (Å²) in [6.07, 6.45) is 0.213. The van der Waals surface area contributed by atoms with Gasteiger partial charge in [-0.3, -0.25) is 14.9 Å². The lowest BCUT2D eigenvalue weighted by atomic mass is 10.0. The van der Waals surface area contributed by atoms with E-state index in [1.165, 1.54) is 34.8 Å². The quantitative estimate of drug-likeness (QED) is 0.341. The molecule has 0 aliphatic carbocycles. The van der Waals surface area contributed by atoms with Crippen LogP contribution >= 0.6 is 22.7 Å². The van der Waals surface area contributed by atoms with Crippen molar-refractivity contribution in [2.75, 3.05) is 11.9 Å². The molecular weight excluding hydrogens is 400 g/mol. The van der Waals surface area contributed by atoms with Gasteiger partial charge in [-0.15, -0.1) is 22.7 Å². The molecule has 0 radical (unpaired) electrons. The standard InChI is InChI=1S/C19H16N2O5S2/c1-2-26-19(23)17-15(12-5-7-13(8-6-12)21(24)25)11-28-18(17)20-16(22)10-14-4-3-9-27-14/h3-9,11H,2,10H2,1H3,(H,20,22). The molecule has 0 aliphatic heterocycles. The Morgan fingerprint density at radius 2 is 1.93 bits per heavy atom. The molecule has 0 saturated carbocycles. The van der Waals surface area contributed by atoms with Crippen LogP contribution in [0.3, 0.4) is 0 Å². The van der Waals surface area contributed by atoms with Crippen molar-refractivity contribution in [1.82, 2.24) is 0 Å². The second kappa shape index (κ2) is 8.77. The van der Waals surface area contributed by atoms with Crippen LogP contribution in [0.25, 0.3) is 11.1 Å². The van der Waals surface area contributed by atoms with Gasteiger partial charge in [-0.1, -0.05) is 6.07 Å². The molecule has 1 N–H and O–H groups in total. The fourth-order valence-electron chi connectivity index (χ4n) is 2.57. The molecular formula is C19H16N2O5S2. The summed E-state index contributed by atoms with van der Waals surface area (Å²) < 4.78 is 5.15. The number of rotatable bonds is 7. The van der Waals surface area contributed by atoms with E-state index < -0.39 is 10.9 Å². The lowest BCUT2D eigenvalue weighted by Gasteiger charge is -2.08. The molecule has 3 aromatic rings. The first-order valence-corrected chi connectivity index (χ1v) is 10.1. The number of anilines is 1. The highest BCUT2D eigenvalue weighted by Gasteiger charge is 2.23. The monoisotopic (exact) mass is 416 g/mol. The molecule has 0 spiro atoms. The van der Waals surface area contributed by atoms with Gasteiger partial charge in [0.25, 0.3) is 5.69 Å². The van der Waals surface area contributed by atoms with E-state index in [0.29, 0.717) is 16.1 Å². The zero-order chi connectivity index (χ0) is 20.1. The summed E-state index contributed by atoms with van der Waals surface area (Å²) in [5, 5.41) is 17.7. The van der Waals surface area contributed by atoms with Crippen LogP contribution in [0, 0.1) is 10.1 Å². The molecule has 2 aromatic heterocycles. The molecule has 0 unspecified atom stereocenters. The van der Waals surface area contributed by atoms with Crippen LogP contribution < -0.4 is 5.32 Å². The minimum atomic E-state index is -0.552. The van der Waals surface area contributed by atoms with Crippen molar-refractivity contribution < 1.29 is 19.2 Å². The van der Waals surface area contributed by atoms with Gasteiger partial charge >= 0.3 is 5.97 Å². The third kappa shape index (κ3) is 4.44. The van der Waals surface area contributed by atoms with E-state index >= 15 is 0 Å². The first-order valence-electron chi connectivity index (χ1n) is 8.35. The maximum Gasteiger partial charge on any atom is 0.341 e. The highest BCUT2D eigenvalue weighted by Crippen LogP contribution is 2.37. The van der Waals surface area contributed by atoms with Crippen LogP contribution in [0.5, 0.6) is 0 Å². The molecule has 0 aliphatic rings.